The lowest BCUT2D eigenvalue weighted by molar-refractivity contribution is -0.147. The van der Waals surface area contributed by atoms with E-state index in [0.717, 1.165) is 13.0 Å². The van der Waals surface area contributed by atoms with Crippen LogP contribution in [-0.2, 0) is 9.59 Å². The van der Waals surface area contributed by atoms with Crippen molar-refractivity contribution in [3.63, 3.8) is 0 Å². The summed E-state index contributed by atoms with van der Waals surface area (Å²) in [4.78, 5) is 22.7. The van der Waals surface area contributed by atoms with Gasteiger partial charge in [-0.1, -0.05) is 0 Å². The molecule has 0 saturated carbocycles. The zero-order valence-corrected chi connectivity index (χ0v) is 9.39. The molecule has 1 amide bonds. The maximum Gasteiger partial charge on any atom is 0.328 e. The van der Waals surface area contributed by atoms with Crippen LogP contribution in [0.15, 0.2) is 0 Å². The normalized spacial score (nSPS) is 26.3. The van der Waals surface area contributed by atoms with Gasteiger partial charge in [0.25, 0.3) is 0 Å². The van der Waals surface area contributed by atoms with Crippen LogP contribution in [0.25, 0.3) is 0 Å². The van der Waals surface area contributed by atoms with Gasteiger partial charge in [-0.2, -0.15) is 0 Å². The van der Waals surface area contributed by atoms with Gasteiger partial charge < -0.3 is 15.7 Å². The number of hydrogen-bond acceptors (Lipinski definition) is 3. The number of rotatable bonds is 3. The molecule has 0 aromatic rings. The van der Waals surface area contributed by atoms with Crippen molar-refractivity contribution in [1.29, 1.82) is 0 Å². The molecule has 1 unspecified atom stereocenters. The number of nitrogens with one attached hydrogen (secondary N) is 2. The first-order valence-electron chi connectivity index (χ1n) is 5.05. The average Bonchev–Trinajstić information content (AvgIpc) is 2.52. The molecule has 1 heterocycles. The van der Waals surface area contributed by atoms with Crippen LogP contribution in [0.5, 0.6) is 0 Å². The number of carboxylic acids is 1. The van der Waals surface area contributed by atoms with Crippen molar-refractivity contribution in [1.82, 2.24) is 10.6 Å². The lowest BCUT2D eigenvalue weighted by Crippen LogP contribution is -2.54. The van der Waals surface area contributed by atoms with Gasteiger partial charge in [0.15, 0.2) is 0 Å². The van der Waals surface area contributed by atoms with Gasteiger partial charge >= 0.3 is 5.97 Å². The highest BCUT2D eigenvalue weighted by molar-refractivity contribution is 5.89. The van der Waals surface area contributed by atoms with Crippen molar-refractivity contribution >= 4 is 11.9 Å². The highest BCUT2D eigenvalue weighted by Crippen LogP contribution is 2.25. The minimum absolute atomic E-state index is 0.195. The zero-order chi connectivity index (χ0) is 11.7. The van der Waals surface area contributed by atoms with Crippen molar-refractivity contribution in [2.75, 3.05) is 13.1 Å². The van der Waals surface area contributed by atoms with Crippen LogP contribution >= 0.6 is 0 Å². The quantitative estimate of drug-likeness (QED) is 0.616. The number of carbonyl (C=O) groups excluding carboxylic acids is 1. The second kappa shape index (κ2) is 3.81. The molecular formula is C10H18N2O3. The average molecular weight is 214 g/mol. The van der Waals surface area contributed by atoms with E-state index in [2.05, 4.69) is 10.6 Å². The van der Waals surface area contributed by atoms with Crippen molar-refractivity contribution in [2.24, 2.45) is 5.41 Å². The topological polar surface area (TPSA) is 78.4 Å². The predicted molar refractivity (Wildman–Crippen MR) is 55.5 cm³/mol. The lowest BCUT2D eigenvalue weighted by atomic mass is 9.87. The molecule has 3 N–H and O–H groups in total. The molecule has 0 spiro atoms. The van der Waals surface area contributed by atoms with E-state index in [-0.39, 0.29) is 5.91 Å². The van der Waals surface area contributed by atoms with Crippen molar-refractivity contribution < 1.29 is 14.7 Å². The van der Waals surface area contributed by atoms with E-state index in [9.17, 15) is 9.59 Å². The highest BCUT2D eigenvalue weighted by atomic mass is 16.4. The third kappa shape index (κ3) is 2.47. The Morgan fingerprint density at radius 2 is 2.07 bits per heavy atom. The van der Waals surface area contributed by atoms with E-state index in [1.807, 2.05) is 6.92 Å². The first-order valence-corrected chi connectivity index (χ1v) is 5.05. The van der Waals surface area contributed by atoms with E-state index in [4.69, 9.17) is 5.11 Å². The molecular weight excluding hydrogens is 196 g/mol. The molecule has 1 rings (SSSR count). The van der Waals surface area contributed by atoms with Crippen LogP contribution in [0.3, 0.4) is 0 Å². The lowest BCUT2D eigenvalue weighted by Gasteiger charge is -2.28. The van der Waals surface area contributed by atoms with Gasteiger partial charge in [-0.3, -0.25) is 4.79 Å². The molecule has 5 nitrogen and oxygen atoms in total. The largest absolute Gasteiger partial charge is 0.480 e. The molecule has 15 heavy (non-hydrogen) atoms. The van der Waals surface area contributed by atoms with Gasteiger partial charge in [-0.25, -0.2) is 4.79 Å². The fraction of sp³-hybridized carbons (Fsp3) is 0.800. The molecule has 86 valence electrons. The summed E-state index contributed by atoms with van der Waals surface area (Å²) in [5.41, 5.74) is -1.69. The number of hydrogen-bond donors (Lipinski definition) is 3. The monoisotopic (exact) mass is 214 g/mol. The molecule has 1 aliphatic rings. The summed E-state index contributed by atoms with van der Waals surface area (Å²) >= 11 is 0. The molecule has 0 aromatic carbocycles. The Morgan fingerprint density at radius 1 is 1.47 bits per heavy atom. The van der Waals surface area contributed by atoms with Crippen LogP contribution in [0.2, 0.25) is 0 Å². The Morgan fingerprint density at radius 3 is 2.47 bits per heavy atom. The Hall–Kier alpha value is -1.10. The molecule has 5 heteroatoms. The number of carbonyl (C=O) groups is 2. The van der Waals surface area contributed by atoms with Gasteiger partial charge in [-0.15, -0.1) is 0 Å². The predicted octanol–water partition coefficient (Wildman–Crippen LogP) is -0.0346. The molecule has 1 aliphatic heterocycles. The number of carboxylic acid groups (broad SMARTS) is 1. The maximum absolute atomic E-state index is 11.9. The minimum atomic E-state index is -1.21. The summed E-state index contributed by atoms with van der Waals surface area (Å²) in [5, 5.41) is 14.5. The maximum atomic E-state index is 11.9. The highest BCUT2D eigenvalue weighted by Gasteiger charge is 2.40. The molecule has 1 saturated heterocycles. The number of amides is 1. The van der Waals surface area contributed by atoms with Crippen molar-refractivity contribution in [2.45, 2.75) is 32.7 Å². The third-order valence-electron chi connectivity index (χ3n) is 2.88. The van der Waals surface area contributed by atoms with Crippen LogP contribution in [0.4, 0.5) is 0 Å². The fourth-order valence-electron chi connectivity index (χ4n) is 1.50. The van der Waals surface area contributed by atoms with Crippen molar-refractivity contribution in [3.8, 4) is 0 Å². The van der Waals surface area contributed by atoms with Crippen LogP contribution in [0.1, 0.15) is 27.2 Å². The Labute approximate surface area is 89.2 Å². The molecule has 0 aromatic heterocycles. The van der Waals surface area contributed by atoms with Gasteiger partial charge in [0, 0.05) is 6.54 Å². The Balaban J connectivity index is 2.66. The smallest absolute Gasteiger partial charge is 0.328 e. The van der Waals surface area contributed by atoms with Gasteiger partial charge in [0.2, 0.25) is 5.91 Å². The third-order valence-corrected chi connectivity index (χ3v) is 2.88. The number of aliphatic carboxylic acids is 1. The molecule has 0 aliphatic carbocycles. The van der Waals surface area contributed by atoms with E-state index >= 15 is 0 Å². The fourth-order valence-corrected chi connectivity index (χ4v) is 1.50. The summed E-state index contributed by atoms with van der Waals surface area (Å²) < 4.78 is 0. The van der Waals surface area contributed by atoms with Gasteiger partial charge in [0.1, 0.15) is 5.54 Å². The van der Waals surface area contributed by atoms with E-state index in [0.29, 0.717) is 6.54 Å². The summed E-state index contributed by atoms with van der Waals surface area (Å²) in [5.74, 6) is -1.22. The second-order valence-corrected chi connectivity index (χ2v) is 4.87. The Kier molecular flexibility index (Phi) is 3.04. The van der Waals surface area contributed by atoms with Gasteiger partial charge in [-0.05, 0) is 33.7 Å². The molecule has 1 fully saturated rings. The van der Waals surface area contributed by atoms with Crippen LogP contribution in [-0.4, -0.2) is 35.6 Å². The van der Waals surface area contributed by atoms with Crippen molar-refractivity contribution in [3.05, 3.63) is 0 Å². The van der Waals surface area contributed by atoms with Crippen LogP contribution < -0.4 is 10.6 Å². The van der Waals surface area contributed by atoms with E-state index in [1.54, 1.807) is 0 Å². The summed E-state index contributed by atoms with van der Waals surface area (Å²) in [6.07, 6.45) is 0.745. The summed E-state index contributed by atoms with van der Waals surface area (Å²) in [6, 6.07) is 0. The van der Waals surface area contributed by atoms with E-state index < -0.39 is 16.9 Å². The molecule has 1 atom stereocenters. The first-order chi connectivity index (χ1) is 6.78. The molecule has 0 bridgehead atoms. The van der Waals surface area contributed by atoms with E-state index in [1.165, 1.54) is 13.8 Å². The second-order valence-electron chi connectivity index (χ2n) is 4.87. The SMILES string of the molecule is CC1(C(=O)NC(C)(C)C(=O)O)CCNC1. The van der Waals surface area contributed by atoms with Crippen LogP contribution in [0, 0.1) is 5.41 Å². The van der Waals surface area contributed by atoms with Gasteiger partial charge in [0.05, 0.1) is 5.41 Å². The summed E-state index contributed by atoms with van der Waals surface area (Å²) in [7, 11) is 0. The first kappa shape index (κ1) is 12.0. The summed E-state index contributed by atoms with van der Waals surface area (Å²) in [6.45, 7) is 6.23. The Bertz CT molecular complexity index is 280. The zero-order valence-electron chi connectivity index (χ0n) is 9.39. The minimum Gasteiger partial charge on any atom is -0.480 e. The standard InChI is InChI=1S/C10H18N2O3/c1-9(2,8(14)15)12-7(13)10(3)4-5-11-6-10/h11H,4-6H2,1-3H3,(H,12,13)(H,14,15). The molecule has 0 radical (unpaired) electrons.